The van der Waals surface area contributed by atoms with Crippen molar-refractivity contribution < 1.29 is 33.8 Å². The van der Waals surface area contributed by atoms with E-state index in [1.165, 1.54) is 4.90 Å². The largest absolute Gasteiger partial charge is 0.459 e. The Bertz CT molecular complexity index is 879. The lowest BCUT2D eigenvalue weighted by Gasteiger charge is -2.40. The summed E-state index contributed by atoms with van der Waals surface area (Å²) in [6.45, 7) is 6.31. The predicted octanol–water partition coefficient (Wildman–Crippen LogP) is 3.18. The fraction of sp³-hybridized carbons (Fsp3) is 0.867. The Kier molecular flexibility index (Phi) is 11.5. The third kappa shape index (κ3) is 7.67. The lowest BCUT2D eigenvalue weighted by atomic mass is 9.73. The zero-order valence-corrected chi connectivity index (χ0v) is 24.4. The number of aliphatic hydroxyl groups is 1. The maximum absolute atomic E-state index is 13.5. The fourth-order valence-corrected chi connectivity index (χ4v) is 6.90. The summed E-state index contributed by atoms with van der Waals surface area (Å²) in [6.07, 6.45) is 8.14. The third-order valence-electron chi connectivity index (χ3n) is 9.77. The van der Waals surface area contributed by atoms with E-state index in [0.717, 1.165) is 57.8 Å². The summed E-state index contributed by atoms with van der Waals surface area (Å²) in [4.78, 5) is 53.1. The molecular formula is C30H50N2O7. The number of carbonyl (C=O) groups is 4. The fourth-order valence-electron chi connectivity index (χ4n) is 6.90. The molecule has 0 aromatic rings. The second kappa shape index (κ2) is 14.2. The summed E-state index contributed by atoms with van der Waals surface area (Å²) in [7, 11) is 1.64. The summed E-state index contributed by atoms with van der Waals surface area (Å²) in [6, 6.07) is -0.599. The van der Waals surface area contributed by atoms with Crippen molar-refractivity contribution in [3.05, 3.63) is 0 Å². The van der Waals surface area contributed by atoms with Crippen molar-refractivity contribution in [3.8, 4) is 0 Å². The minimum atomic E-state index is -1.62. The van der Waals surface area contributed by atoms with E-state index in [-0.39, 0.29) is 42.3 Å². The van der Waals surface area contributed by atoms with E-state index in [1.807, 2.05) is 6.92 Å². The van der Waals surface area contributed by atoms with Crippen LogP contribution in [0.1, 0.15) is 97.8 Å². The molecule has 3 rings (SSSR count). The van der Waals surface area contributed by atoms with Crippen molar-refractivity contribution in [3.63, 3.8) is 0 Å². The third-order valence-corrected chi connectivity index (χ3v) is 9.77. The molecule has 3 N–H and O–H groups in total. The van der Waals surface area contributed by atoms with E-state index in [2.05, 4.69) is 13.8 Å². The minimum absolute atomic E-state index is 0.00561. The standard InChI is InChI=1S/C30H50N2O7/c1-19(15-22-11-12-25(26(17-22)38-4)39-27(34)18-31)20(2)16-24(33)23-10-6-8-14-32(23)29(36)28(35)30(37)13-7-5-9-21(30)3/h19-23,25-26,37H,5-18,31H2,1-4H3/t19?,20?,21?,22?,23?,25?,26-,30?/m1/s1. The number of Topliss-reactive ketones (excluding diaryl/α,β-unsaturated/α-hetero) is 2. The first-order valence-corrected chi connectivity index (χ1v) is 15.0. The van der Waals surface area contributed by atoms with Gasteiger partial charge < -0.3 is 25.2 Å². The predicted molar refractivity (Wildman–Crippen MR) is 147 cm³/mol. The summed E-state index contributed by atoms with van der Waals surface area (Å²) in [5.74, 6) is -1.31. The van der Waals surface area contributed by atoms with Crippen LogP contribution in [-0.2, 0) is 28.7 Å². The van der Waals surface area contributed by atoms with Gasteiger partial charge in [0.25, 0.3) is 11.7 Å². The molecule has 1 amide bonds. The lowest BCUT2D eigenvalue weighted by Crippen LogP contribution is -2.58. The van der Waals surface area contributed by atoms with Crippen LogP contribution in [0.2, 0.25) is 0 Å². The van der Waals surface area contributed by atoms with E-state index in [9.17, 15) is 24.3 Å². The van der Waals surface area contributed by atoms with Crippen LogP contribution in [0, 0.1) is 23.7 Å². The molecule has 7 unspecified atom stereocenters. The van der Waals surface area contributed by atoms with E-state index in [0.29, 0.717) is 31.7 Å². The molecule has 3 aliphatic rings. The van der Waals surface area contributed by atoms with Crippen LogP contribution >= 0.6 is 0 Å². The van der Waals surface area contributed by atoms with Crippen LogP contribution in [0.3, 0.4) is 0 Å². The molecule has 1 saturated heterocycles. The van der Waals surface area contributed by atoms with Gasteiger partial charge in [-0.25, -0.2) is 0 Å². The van der Waals surface area contributed by atoms with E-state index < -0.39 is 29.3 Å². The number of carbonyl (C=O) groups excluding carboxylic acids is 4. The van der Waals surface area contributed by atoms with Crippen molar-refractivity contribution >= 4 is 23.4 Å². The molecule has 222 valence electrons. The minimum Gasteiger partial charge on any atom is -0.459 e. The van der Waals surface area contributed by atoms with Gasteiger partial charge in [-0.2, -0.15) is 0 Å². The van der Waals surface area contributed by atoms with Crippen LogP contribution in [-0.4, -0.2) is 77.5 Å². The molecule has 8 atom stereocenters. The van der Waals surface area contributed by atoms with Crippen molar-refractivity contribution in [1.29, 1.82) is 0 Å². The van der Waals surface area contributed by atoms with Gasteiger partial charge in [0.1, 0.15) is 11.7 Å². The van der Waals surface area contributed by atoms with Gasteiger partial charge in [0.2, 0.25) is 0 Å². The molecule has 9 heteroatoms. The highest BCUT2D eigenvalue weighted by Gasteiger charge is 2.48. The second-order valence-corrected chi connectivity index (χ2v) is 12.5. The maximum atomic E-state index is 13.5. The number of esters is 1. The van der Waals surface area contributed by atoms with Crippen LogP contribution in [0.5, 0.6) is 0 Å². The van der Waals surface area contributed by atoms with Gasteiger partial charge in [0, 0.05) is 20.1 Å². The van der Waals surface area contributed by atoms with Gasteiger partial charge in [0.15, 0.2) is 5.78 Å². The highest BCUT2D eigenvalue weighted by molar-refractivity contribution is 6.39. The topological polar surface area (TPSA) is 136 Å². The molecule has 9 nitrogen and oxygen atoms in total. The van der Waals surface area contributed by atoms with Crippen molar-refractivity contribution in [1.82, 2.24) is 4.90 Å². The molecule has 0 aromatic heterocycles. The molecule has 0 bridgehead atoms. The molecular weight excluding hydrogens is 500 g/mol. The molecule has 1 heterocycles. The zero-order chi connectivity index (χ0) is 28.7. The number of likely N-dealkylation sites (tertiary alicyclic amines) is 1. The number of nitrogens with zero attached hydrogens (tertiary/aromatic N) is 1. The highest BCUT2D eigenvalue weighted by Crippen LogP contribution is 2.37. The molecule has 0 radical (unpaired) electrons. The molecule has 2 aliphatic carbocycles. The Morgan fingerprint density at radius 3 is 2.38 bits per heavy atom. The van der Waals surface area contributed by atoms with Crippen LogP contribution in [0.4, 0.5) is 0 Å². The van der Waals surface area contributed by atoms with Crippen LogP contribution in [0.15, 0.2) is 0 Å². The number of methoxy groups -OCH3 is 1. The number of hydrogen-bond acceptors (Lipinski definition) is 8. The number of nitrogens with two attached hydrogens (primary N) is 1. The molecule has 3 fully saturated rings. The first-order valence-electron chi connectivity index (χ1n) is 15.0. The van der Waals surface area contributed by atoms with Crippen LogP contribution in [0.25, 0.3) is 0 Å². The van der Waals surface area contributed by atoms with Crippen LogP contribution < -0.4 is 5.73 Å². The molecule has 39 heavy (non-hydrogen) atoms. The number of ether oxygens (including phenoxy) is 2. The van der Waals surface area contributed by atoms with Crippen molar-refractivity contribution in [2.45, 2.75) is 122 Å². The van der Waals surface area contributed by atoms with E-state index >= 15 is 0 Å². The number of amides is 1. The molecule has 2 saturated carbocycles. The Morgan fingerprint density at radius 1 is 1.00 bits per heavy atom. The first-order chi connectivity index (χ1) is 18.5. The average molecular weight is 551 g/mol. The Hall–Kier alpha value is -1.84. The molecule has 0 spiro atoms. The van der Waals surface area contributed by atoms with Gasteiger partial charge in [-0.15, -0.1) is 0 Å². The average Bonchev–Trinajstić information content (AvgIpc) is 2.94. The Labute approximate surface area is 233 Å². The number of ketones is 2. The lowest BCUT2D eigenvalue weighted by molar-refractivity contribution is -0.163. The van der Waals surface area contributed by atoms with Gasteiger partial charge in [-0.05, 0) is 81.5 Å². The first kappa shape index (κ1) is 31.7. The van der Waals surface area contributed by atoms with Gasteiger partial charge in [0.05, 0.1) is 18.7 Å². The normalized spacial score (nSPS) is 33.2. The van der Waals surface area contributed by atoms with Gasteiger partial charge in [-0.3, -0.25) is 19.2 Å². The second-order valence-electron chi connectivity index (χ2n) is 12.5. The quantitative estimate of drug-likeness (QED) is 0.296. The summed E-state index contributed by atoms with van der Waals surface area (Å²) < 4.78 is 11.1. The summed E-state index contributed by atoms with van der Waals surface area (Å²) >= 11 is 0. The molecule has 0 aromatic carbocycles. The summed E-state index contributed by atoms with van der Waals surface area (Å²) in [5, 5.41) is 11.1. The van der Waals surface area contributed by atoms with Crippen molar-refractivity contribution in [2.75, 3.05) is 20.2 Å². The SMILES string of the molecule is CO[C@@H]1CC(CC(C)C(C)CC(=O)C2CCCCN2C(=O)C(=O)C2(O)CCCCC2C)CCC1OC(=O)CN. The van der Waals surface area contributed by atoms with E-state index in [4.69, 9.17) is 15.2 Å². The van der Waals surface area contributed by atoms with E-state index in [1.54, 1.807) is 7.11 Å². The van der Waals surface area contributed by atoms with Crippen molar-refractivity contribution in [2.24, 2.45) is 29.4 Å². The Morgan fingerprint density at radius 2 is 1.72 bits per heavy atom. The Balaban J connectivity index is 1.56. The summed E-state index contributed by atoms with van der Waals surface area (Å²) in [5.41, 5.74) is 3.77. The maximum Gasteiger partial charge on any atom is 0.320 e. The van der Waals surface area contributed by atoms with Gasteiger partial charge in [-0.1, -0.05) is 33.6 Å². The zero-order valence-electron chi connectivity index (χ0n) is 24.4. The number of piperidine rings is 1. The smallest absolute Gasteiger partial charge is 0.320 e. The number of hydrogen-bond donors (Lipinski definition) is 2. The monoisotopic (exact) mass is 550 g/mol. The van der Waals surface area contributed by atoms with Gasteiger partial charge >= 0.3 is 5.97 Å². The highest BCUT2D eigenvalue weighted by atomic mass is 16.6. The number of rotatable bonds is 11. The molecule has 1 aliphatic heterocycles.